The summed E-state index contributed by atoms with van der Waals surface area (Å²) in [5.74, 6) is 0. The van der Waals surface area contributed by atoms with Crippen LogP contribution in [0, 0.1) is 25.2 Å². The van der Waals surface area contributed by atoms with Gasteiger partial charge in [0.25, 0.3) is 0 Å². The first-order valence-corrected chi connectivity index (χ1v) is 9.29. The molecule has 0 spiro atoms. The van der Waals surface area contributed by atoms with Gasteiger partial charge in [0.2, 0.25) is 0 Å². The minimum Gasteiger partial charge on any atom is -0.393 e. The predicted molar refractivity (Wildman–Crippen MR) is 107 cm³/mol. The maximum absolute atomic E-state index is 9.69. The van der Waals surface area contributed by atoms with Gasteiger partial charge in [-0.25, -0.2) is 0 Å². The van der Waals surface area contributed by atoms with Crippen LogP contribution in [0.3, 0.4) is 0 Å². The van der Waals surface area contributed by atoms with E-state index in [4.69, 9.17) is 0 Å². The van der Waals surface area contributed by atoms with E-state index in [1.165, 1.54) is 16.7 Å². The first kappa shape index (κ1) is 18.3. The normalized spacial score (nSPS) is 16.2. The number of nitrogens with zero attached hydrogens (tertiary/aromatic N) is 2. The van der Waals surface area contributed by atoms with Crippen LogP contribution >= 0.6 is 0 Å². The summed E-state index contributed by atoms with van der Waals surface area (Å²) in [7, 11) is 0. The standard InChI is InChI=1S/C22H27N3O/c1-15-4-5-16(2)21(12-15)17(3)24-19-6-7-22(18(13-19)14-23)25-10-8-20(26)9-11-25/h4-7,12-13,17,20,24,26H,8-11H2,1-3H3. The third kappa shape index (κ3) is 4.00. The van der Waals surface area contributed by atoms with Crippen molar-refractivity contribution in [2.45, 2.75) is 45.8 Å². The van der Waals surface area contributed by atoms with E-state index in [9.17, 15) is 10.4 Å². The number of nitriles is 1. The topological polar surface area (TPSA) is 59.3 Å². The van der Waals surface area contributed by atoms with Crippen LogP contribution in [0.1, 0.15) is 48.1 Å². The van der Waals surface area contributed by atoms with Gasteiger partial charge in [0.05, 0.1) is 17.4 Å². The quantitative estimate of drug-likeness (QED) is 0.863. The smallest absolute Gasteiger partial charge is 0.101 e. The zero-order valence-corrected chi connectivity index (χ0v) is 15.8. The lowest BCUT2D eigenvalue weighted by Crippen LogP contribution is -2.36. The summed E-state index contributed by atoms with van der Waals surface area (Å²) < 4.78 is 0. The average Bonchev–Trinajstić information content (AvgIpc) is 2.64. The molecular weight excluding hydrogens is 322 g/mol. The summed E-state index contributed by atoms with van der Waals surface area (Å²) in [6.45, 7) is 7.96. The van der Waals surface area contributed by atoms with Crippen LogP contribution in [0.5, 0.6) is 0 Å². The van der Waals surface area contributed by atoms with Crippen molar-refractivity contribution in [1.82, 2.24) is 0 Å². The molecule has 0 aromatic heterocycles. The molecule has 0 amide bonds. The number of aliphatic hydroxyl groups is 1. The minimum atomic E-state index is -0.212. The molecule has 3 rings (SSSR count). The van der Waals surface area contributed by atoms with Crippen LogP contribution in [0.15, 0.2) is 36.4 Å². The summed E-state index contributed by atoms with van der Waals surface area (Å²) in [5, 5.41) is 22.8. The first-order chi connectivity index (χ1) is 12.5. The fraction of sp³-hybridized carbons (Fsp3) is 0.409. The second-order valence-electron chi connectivity index (χ2n) is 7.29. The molecule has 1 heterocycles. The van der Waals surface area contributed by atoms with Gasteiger partial charge in [-0.05, 0) is 62.9 Å². The second-order valence-corrected chi connectivity index (χ2v) is 7.29. The highest BCUT2D eigenvalue weighted by atomic mass is 16.3. The van der Waals surface area contributed by atoms with Crippen LogP contribution in [0.25, 0.3) is 0 Å². The zero-order chi connectivity index (χ0) is 18.7. The number of hydrogen-bond acceptors (Lipinski definition) is 4. The molecule has 2 aromatic rings. The van der Waals surface area contributed by atoms with Crippen molar-refractivity contribution in [1.29, 1.82) is 5.26 Å². The van der Waals surface area contributed by atoms with Crippen LogP contribution in [-0.4, -0.2) is 24.3 Å². The van der Waals surface area contributed by atoms with Crippen molar-refractivity contribution in [3.63, 3.8) is 0 Å². The van der Waals surface area contributed by atoms with Gasteiger partial charge in [0, 0.05) is 24.8 Å². The molecule has 4 nitrogen and oxygen atoms in total. The largest absolute Gasteiger partial charge is 0.393 e. The minimum absolute atomic E-state index is 0.164. The molecule has 4 heteroatoms. The fourth-order valence-electron chi connectivity index (χ4n) is 3.65. The average molecular weight is 349 g/mol. The van der Waals surface area contributed by atoms with Gasteiger partial charge in [-0.2, -0.15) is 5.26 Å². The number of anilines is 2. The Morgan fingerprint density at radius 2 is 1.88 bits per heavy atom. The van der Waals surface area contributed by atoms with Gasteiger partial charge in [0.1, 0.15) is 6.07 Å². The molecule has 1 atom stereocenters. The predicted octanol–water partition coefficient (Wildman–Crippen LogP) is 4.31. The van der Waals surface area contributed by atoms with Gasteiger partial charge in [-0.3, -0.25) is 0 Å². The van der Waals surface area contributed by atoms with Crippen molar-refractivity contribution in [3.8, 4) is 6.07 Å². The summed E-state index contributed by atoms with van der Waals surface area (Å²) in [4.78, 5) is 2.20. The van der Waals surface area contributed by atoms with Crippen LogP contribution in [-0.2, 0) is 0 Å². The molecule has 26 heavy (non-hydrogen) atoms. The van der Waals surface area contributed by atoms with Gasteiger partial charge < -0.3 is 15.3 Å². The fourth-order valence-corrected chi connectivity index (χ4v) is 3.65. The molecule has 0 aliphatic carbocycles. The van der Waals surface area contributed by atoms with E-state index in [1.54, 1.807) is 0 Å². The summed E-state index contributed by atoms with van der Waals surface area (Å²) >= 11 is 0. The number of piperidine rings is 1. The first-order valence-electron chi connectivity index (χ1n) is 9.29. The van der Waals surface area contributed by atoms with E-state index in [2.05, 4.69) is 55.3 Å². The van der Waals surface area contributed by atoms with Crippen LogP contribution in [0.4, 0.5) is 11.4 Å². The molecular formula is C22H27N3O. The summed E-state index contributed by atoms with van der Waals surface area (Å²) in [5.41, 5.74) is 6.39. The Kier molecular flexibility index (Phi) is 5.49. The molecule has 2 N–H and O–H groups in total. The van der Waals surface area contributed by atoms with Crippen molar-refractivity contribution >= 4 is 11.4 Å². The van der Waals surface area contributed by atoms with E-state index >= 15 is 0 Å². The van der Waals surface area contributed by atoms with E-state index in [0.29, 0.717) is 5.56 Å². The lowest BCUT2D eigenvalue weighted by Gasteiger charge is -2.32. The lowest BCUT2D eigenvalue weighted by atomic mass is 9.99. The van der Waals surface area contributed by atoms with E-state index in [-0.39, 0.29) is 12.1 Å². The Balaban J connectivity index is 1.79. The number of hydrogen-bond donors (Lipinski definition) is 2. The highest BCUT2D eigenvalue weighted by molar-refractivity contribution is 5.66. The third-order valence-electron chi connectivity index (χ3n) is 5.21. The molecule has 1 aliphatic rings. The lowest BCUT2D eigenvalue weighted by molar-refractivity contribution is 0.145. The van der Waals surface area contributed by atoms with Crippen molar-refractivity contribution in [2.75, 3.05) is 23.3 Å². The molecule has 0 saturated carbocycles. The molecule has 1 unspecified atom stereocenters. The third-order valence-corrected chi connectivity index (χ3v) is 5.21. The Morgan fingerprint density at radius 3 is 2.58 bits per heavy atom. The van der Waals surface area contributed by atoms with Crippen molar-refractivity contribution in [3.05, 3.63) is 58.7 Å². The molecule has 136 valence electrons. The summed E-state index contributed by atoms with van der Waals surface area (Å²) in [6, 6.07) is 15.0. The molecule has 2 aromatic carbocycles. The van der Waals surface area contributed by atoms with E-state index < -0.39 is 0 Å². The molecule has 1 fully saturated rings. The van der Waals surface area contributed by atoms with Gasteiger partial charge in [0.15, 0.2) is 0 Å². The highest BCUT2D eigenvalue weighted by Gasteiger charge is 2.20. The number of aliphatic hydroxyl groups excluding tert-OH is 1. The van der Waals surface area contributed by atoms with E-state index in [1.807, 2.05) is 18.2 Å². The Morgan fingerprint density at radius 1 is 1.15 bits per heavy atom. The number of rotatable bonds is 4. The molecule has 1 aliphatic heterocycles. The Hall–Kier alpha value is -2.51. The molecule has 0 radical (unpaired) electrons. The van der Waals surface area contributed by atoms with Gasteiger partial charge in [-0.1, -0.05) is 23.8 Å². The van der Waals surface area contributed by atoms with Crippen molar-refractivity contribution in [2.24, 2.45) is 0 Å². The second kappa shape index (κ2) is 7.80. The maximum atomic E-state index is 9.69. The maximum Gasteiger partial charge on any atom is 0.101 e. The Bertz CT molecular complexity index is 817. The van der Waals surface area contributed by atoms with Gasteiger partial charge in [-0.15, -0.1) is 0 Å². The highest BCUT2D eigenvalue weighted by Crippen LogP contribution is 2.29. The Labute approximate surface area is 156 Å². The zero-order valence-electron chi connectivity index (χ0n) is 15.8. The van der Waals surface area contributed by atoms with Gasteiger partial charge >= 0.3 is 0 Å². The summed E-state index contributed by atoms with van der Waals surface area (Å²) in [6.07, 6.45) is 1.31. The van der Waals surface area contributed by atoms with Crippen LogP contribution < -0.4 is 10.2 Å². The number of benzene rings is 2. The number of nitrogens with one attached hydrogen (secondary N) is 1. The molecule has 0 bridgehead atoms. The number of aryl methyl sites for hydroxylation is 2. The monoisotopic (exact) mass is 349 g/mol. The van der Waals surface area contributed by atoms with Crippen molar-refractivity contribution < 1.29 is 5.11 Å². The SMILES string of the molecule is Cc1ccc(C)c(C(C)Nc2ccc(N3CCC(O)CC3)c(C#N)c2)c1. The molecule has 1 saturated heterocycles. The van der Waals surface area contributed by atoms with E-state index in [0.717, 1.165) is 37.3 Å². The van der Waals surface area contributed by atoms with Crippen LogP contribution in [0.2, 0.25) is 0 Å².